The molecule has 18 heavy (non-hydrogen) atoms. The summed E-state index contributed by atoms with van der Waals surface area (Å²) in [4.78, 5) is 11.9. The summed E-state index contributed by atoms with van der Waals surface area (Å²) in [6.07, 6.45) is 8.22. The molecule has 2 rings (SSSR count). The van der Waals surface area contributed by atoms with Gasteiger partial charge in [0.15, 0.2) is 0 Å². The van der Waals surface area contributed by atoms with Crippen LogP contribution in [0.5, 0.6) is 0 Å². The highest BCUT2D eigenvalue weighted by molar-refractivity contribution is 5.74. The van der Waals surface area contributed by atoms with E-state index in [1.165, 1.54) is 19.3 Å². The first kappa shape index (κ1) is 13.7. The summed E-state index contributed by atoms with van der Waals surface area (Å²) < 4.78 is 5.35. The summed E-state index contributed by atoms with van der Waals surface area (Å²) in [5.74, 6) is 0.566. The van der Waals surface area contributed by atoms with E-state index in [4.69, 9.17) is 4.74 Å². The molecule has 2 fully saturated rings. The minimum atomic E-state index is 0.0147. The molecule has 0 aromatic rings. The van der Waals surface area contributed by atoms with Crippen LogP contribution in [0.25, 0.3) is 0 Å². The zero-order valence-electron chi connectivity index (χ0n) is 11.4. The maximum atomic E-state index is 11.9. The highest BCUT2D eigenvalue weighted by Gasteiger charge is 2.23. The van der Waals surface area contributed by atoms with Crippen molar-refractivity contribution in [2.45, 2.75) is 64.0 Å². The Morgan fingerprint density at radius 2 is 1.78 bits per heavy atom. The van der Waals surface area contributed by atoms with E-state index < -0.39 is 0 Å². The predicted molar refractivity (Wildman–Crippen MR) is 71.5 cm³/mol. The summed E-state index contributed by atoms with van der Waals surface area (Å²) in [7, 11) is 0. The molecule has 2 amide bonds. The molecule has 1 aliphatic heterocycles. The van der Waals surface area contributed by atoms with E-state index in [1.54, 1.807) is 0 Å². The van der Waals surface area contributed by atoms with E-state index in [-0.39, 0.29) is 12.1 Å². The second kappa shape index (κ2) is 6.98. The fraction of sp³-hybridized carbons (Fsp3) is 0.929. The summed E-state index contributed by atoms with van der Waals surface area (Å²) in [5.41, 5.74) is 0. The van der Waals surface area contributed by atoms with Gasteiger partial charge in [-0.25, -0.2) is 4.79 Å². The van der Waals surface area contributed by atoms with Crippen molar-refractivity contribution in [3.63, 3.8) is 0 Å². The molecule has 4 heteroatoms. The third-order valence-corrected chi connectivity index (χ3v) is 4.27. The Labute approximate surface area is 110 Å². The number of hydrogen-bond donors (Lipinski definition) is 2. The molecule has 4 nitrogen and oxygen atoms in total. The molecule has 1 saturated heterocycles. The Balaban J connectivity index is 1.68. The fourth-order valence-electron chi connectivity index (χ4n) is 3.01. The molecule has 104 valence electrons. The molecule has 0 bridgehead atoms. The summed E-state index contributed by atoms with van der Waals surface area (Å²) in [6, 6.07) is 0.652. The van der Waals surface area contributed by atoms with Gasteiger partial charge in [-0.1, -0.05) is 19.3 Å². The van der Waals surface area contributed by atoms with Gasteiger partial charge in [-0.05, 0) is 38.5 Å². The maximum Gasteiger partial charge on any atom is 0.315 e. The number of amides is 2. The molecule has 1 aliphatic carbocycles. The van der Waals surface area contributed by atoms with Crippen LogP contribution in [0.1, 0.15) is 51.9 Å². The Morgan fingerprint density at radius 1 is 1.11 bits per heavy atom. The van der Waals surface area contributed by atoms with Crippen LogP contribution in [0, 0.1) is 5.92 Å². The van der Waals surface area contributed by atoms with Crippen molar-refractivity contribution in [3.8, 4) is 0 Å². The molecule has 2 aliphatic rings. The minimum absolute atomic E-state index is 0.0147. The van der Waals surface area contributed by atoms with Crippen molar-refractivity contribution in [3.05, 3.63) is 0 Å². The SMILES string of the molecule is CC(NC(=O)NC1CCCCC1)C1CCOCC1. The molecule has 1 saturated carbocycles. The number of urea groups is 1. The number of nitrogens with one attached hydrogen (secondary N) is 2. The summed E-state index contributed by atoms with van der Waals surface area (Å²) in [5, 5.41) is 6.20. The molecule has 1 heterocycles. The van der Waals surface area contributed by atoms with Gasteiger partial charge in [0.1, 0.15) is 0 Å². The van der Waals surface area contributed by atoms with Gasteiger partial charge >= 0.3 is 6.03 Å². The van der Waals surface area contributed by atoms with Gasteiger partial charge in [-0.3, -0.25) is 0 Å². The Kier molecular flexibility index (Phi) is 5.29. The van der Waals surface area contributed by atoms with E-state index >= 15 is 0 Å². The number of hydrogen-bond acceptors (Lipinski definition) is 2. The van der Waals surface area contributed by atoms with Gasteiger partial charge in [0.2, 0.25) is 0 Å². The van der Waals surface area contributed by atoms with Crippen LogP contribution in [0.15, 0.2) is 0 Å². The van der Waals surface area contributed by atoms with Gasteiger partial charge in [0, 0.05) is 25.3 Å². The Hall–Kier alpha value is -0.770. The maximum absolute atomic E-state index is 11.9. The molecule has 0 radical (unpaired) electrons. The van der Waals surface area contributed by atoms with E-state index in [0.717, 1.165) is 38.9 Å². The van der Waals surface area contributed by atoms with Crippen LogP contribution in [0.3, 0.4) is 0 Å². The van der Waals surface area contributed by atoms with E-state index in [0.29, 0.717) is 12.0 Å². The quantitative estimate of drug-likeness (QED) is 0.812. The summed E-state index contributed by atoms with van der Waals surface area (Å²) in [6.45, 7) is 3.78. The number of carbonyl (C=O) groups excluding carboxylic acids is 1. The lowest BCUT2D eigenvalue weighted by Gasteiger charge is -2.29. The normalized spacial score (nSPS) is 24.5. The number of rotatable bonds is 3. The van der Waals surface area contributed by atoms with Crippen LogP contribution in [-0.2, 0) is 4.74 Å². The Bertz CT molecular complexity index is 259. The number of carbonyl (C=O) groups is 1. The largest absolute Gasteiger partial charge is 0.381 e. The zero-order valence-corrected chi connectivity index (χ0v) is 11.4. The molecular weight excluding hydrogens is 228 g/mol. The van der Waals surface area contributed by atoms with Crippen LogP contribution in [-0.4, -0.2) is 31.3 Å². The standard InChI is InChI=1S/C14H26N2O2/c1-11(12-7-9-18-10-8-12)15-14(17)16-13-5-3-2-4-6-13/h11-13H,2-10H2,1H3,(H2,15,16,17). The molecule has 0 aromatic heterocycles. The van der Waals surface area contributed by atoms with Gasteiger partial charge < -0.3 is 15.4 Å². The average molecular weight is 254 g/mol. The van der Waals surface area contributed by atoms with Gasteiger partial charge in [0.05, 0.1) is 0 Å². The van der Waals surface area contributed by atoms with Crippen molar-refractivity contribution < 1.29 is 9.53 Å². The highest BCUT2D eigenvalue weighted by Crippen LogP contribution is 2.19. The van der Waals surface area contributed by atoms with Gasteiger partial charge in [-0.2, -0.15) is 0 Å². The van der Waals surface area contributed by atoms with Crippen molar-refractivity contribution in [1.29, 1.82) is 0 Å². The Morgan fingerprint density at radius 3 is 2.44 bits per heavy atom. The second-order valence-electron chi connectivity index (χ2n) is 5.69. The van der Waals surface area contributed by atoms with Crippen LogP contribution >= 0.6 is 0 Å². The van der Waals surface area contributed by atoms with Gasteiger partial charge in [0.25, 0.3) is 0 Å². The van der Waals surface area contributed by atoms with Crippen LogP contribution in [0.4, 0.5) is 4.79 Å². The van der Waals surface area contributed by atoms with E-state index in [1.807, 2.05) is 0 Å². The highest BCUT2D eigenvalue weighted by atomic mass is 16.5. The van der Waals surface area contributed by atoms with E-state index in [2.05, 4.69) is 17.6 Å². The van der Waals surface area contributed by atoms with Crippen molar-refractivity contribution in [1.82, 2.24) is 10.6 Å². The first-order valence-electron chi connectivity index (χ1n) is 7.40. The molecule has 2 N–H and O–H groups in total. The van der Waals surface area contributed by atoms with Crippen molar-refractivity contribution >= 4 is 6.03 Å². The van der Waals surface area contributed by atoms with Crippen molar-refractivity contribution in [2.75, 3.05) is 13.2 Å². The zero-order chi connectivity index (χ0) is 12.8. The van der Waals surface area contributed by atoms with Gasteiger partial charge in [-0.15, -0.1) is 0 Å². The monoisotopic (exact) mass is 254 g/mol. The first-order valence-corrected chi connectivity index (χ1v) is 7.40. The van der Waals surface area contributed by atoms with Crippen LogP contribution in [0.2, 0.25) is 0 Å². The fourth-order valence-corrected chi connectivity index (χ4v) is 3.01. The topological polar surface area (TPSA) is 50.4 Å². The predicted octanol–water partition coefficient (Wildman–Crippen LogP) is 2.43. The minimum Gasteiger partial charge on any atom is -0.381 e. The second-order valence-corrected chi connectivity index (χ2v) is 5.69. The summed E-state index contributed by atoms with van der Waals surface area (Å²) >= 11 is 0. The molecule has 0 spiro atoms. The van der Waals surface area contributed by atoms with Crippen molar-refractivity contribution in [2.24, 2.45) is 5.92 Å². The first-order chi connectivity index (χ1) is 8.75. The third kappa shape index (κ3) is 4.16. The number of ether oxygens (including phenoxy) is 1. The van der Waals surface area contributed by atoms with E-state index in [9.17, 15) is 4.79 Å². The lowest BCUT2D eigenvalue weighted by Crippen LogP contribution is -2.48. The molecule has 1 unspecified atom stereocenters. The molecular formula is C14H26N2O2. The lowest BCUT2D eigenvalue weighted by molar-refractivity contribution is 0.0570. The molecule has 1 atom stereocenters. The average Bonchev–Trinajstić information content (AvgIpc) is 2.40. The molecule has 0 aromatic carbocycles. The smallest absolute Gasteiger partial charge is 0.315 e. The van der Waals surface area contributed by atoms with Crippen LogP contribution < -0.4 is 10.6 Å². The third-order valence-electron chi connectivity index (χ3n) is 4.27. The lowest BCUT2D eigenvalue weighted by atomic mass is 9.93.